The van der Waals surface area contributed by atoms with Crippen molar-refractivity contribution in [3.05, 3.63) is 46.4 Å². The van der Waals surface area contributed by atoms with Crippen LogP contribution in [0, 0.1) is 0 Å². The second-order valence-corrected chi connectivity index (χ2v) is 6.48. The molecule has 2 unspecified atom stereocenters. The molecule has 0 bridgehead atoms. The van der Waals surface area contributed by atoms with Crippen LogP contribution in [-0.2, 0) is 0 Å². The van der Waals surface area contributed by atoms with Gasteiger partial charge in [-0.15, -0.1) is 11.6 Å². The molecule has 110 valence electrons. The van der Waals surface area contributed by atoms with Gasteiger partial charge in [-0.2, -0.15) is 11.3 Å². The van der Waals surface area contributed by atoms with Gasteiger partial charge in [-0.05, 0) is 48.4 Å². The van der Waals surface area contributed by atoms with Crippen molar-refractivity contribution in [2.24, 2.45) is 0 Å². The van der Waals surface area contributed by atoms with Gasteiger partial charge in [0.15, 0.2) is 0 Å². The second kappa shape index (κ2) is 5.70. The number of fused-ring (bicyclic) bond motifs is 1. The number of methoxy groups -OCH3 is 1. The minimum Gasteiger partial charge on any atom is -0.497 e. The molecule has 5 heteroatoms. The molecular formula is C16H17ClN2OS. The first-order valence-corrected chi connectivity index (χ1v) is 8.21. The monoisotopic (exact) mass is 320 g/mol. The Hall–Kier alpha value is -1.52. The number of imidazole rings is 1. The number of rotatable bonds is 4. The van der Waals surface area contributed by atoms with E-state index >= 15 is 0 Å². The fourth-order valence-electron chi connectivity index (χ4n) is 2.57. The van der Waals surface area contributed by atoms with E-state index < -0.39 is 0 Å². The van der Waals surface area contributed by atoms with Crippen molar-refractivity contribution in [1.82, 2.24) is 9.55 Å². The third kappa shape index (κ3) is 2.54. The molecule has 21 heavy (non-hydrogen) atoms. The Morgan fingerprint density at radius 2 is 2.10 bits per heavy atom. The summed E-state index contributed by atoms with van der Waals surface area (Å²) < 4.78 is 7.50. The summed E-state index contributed by atoms with van der Waals surface area (Å²) in [5.41, 5.74) is 3.27. The maximum Gasteiger partial charge on any atom is 0.128 e. The van der Waals surface area contributed by atoms with Crippen LogP contribution in [0.4, 0.5) is 0 Å². The molecule has 0 aliphatic heterocycles. The minimum atomic E-state index is -0.149. The van der Waals surface area contributed by atoms with Crippen molar-refractivity contribution in [3.8, 4) is 5.75 Å². The zero-order valence-corrected chi connectivity index (χ0v) is 13.8. The number of hydrogen-bond acceptors (Lipinski definition) is 3. The summed E-state index contributed by atoms with van der Waals surface area (Å²) in [5.74, 6) is 1.70. The van der Waals surface area contributed by atoms with Crippen molar-refractivity contribution in [3.63, 3.8) is 0 Å². The lowest BCUT2D eigenvalue weighted by molar-refractivity contribution is 0.415. The first-order valence-electron chi connectivity index (χ1n) is 6.84. The van der Waals surface area contributed by atoms with Crippen molar-refractivity contribution < 1.29 is 4.74 Å². The van der Waals surface area contributed by atoms with Crippen LogP contribution in [0.5, 0.6) is 5.75 Å². The maximum atomic E-state index is 6.35. The van der Waals surface area contributed by atoms with E-state index in [4.69, 9.17) is 21.3 Å². The number of aromatic nitrogens is 2. The summed E-state index contributed by atoms with van der Waals surface area (Å²) >= 11 is 8.05. The summed E-state index contributed by atoms with van der Waals surface area (Å²) in [4.78, 5) is 4.71. The Balaban J connectivity index is 2.21. The van der Waals surface area contributed by atoms with E-state index in [9.17, 15) is 0 Å². The third-order valence-corrected chi connectivity index (χ3v) is 4.59. The number of ether oxygens (including phenoxy) is 1. The number of alkyl halides is 1. The average Bonchev–Trinajstić information content (AvgIpc) is 3.13. The fourth-order valence-corrected chi connectivity index (χ4v) is 3.47. The Bertz CT molecular complexity index is 749. The Labute approximate surface area is 133 Å². The Morgan fingerprint density at radius 3 is 2.71 bits per heavy atom. The van der Waals surface area contributed by atoms with Crippen molar-refractivity contribution >= 4 is 34.0 Å². The molecule has 0 saturated carbocycles. The van der Waals surface area contributed by atoms with Crippen LogP contribution in [0.1, 0.15) is 36.7 Å². The van der Waals surface area contributed by atoms with Gasteiger partial charge in [-0.1, -0.05) is 0 Å². The standard InChI is InChI=1S/C16H17ClN2OS/c1-10(17)16-18-14-8-13(20-3)4-5-15(14)19(16)11(2)12-6-7-21-9-12/h4-11H,1-3H3. The highest BCUT2D eigenvalue weighted by molar-refractivity contribution is 7.07. The third-order valence-electron chi connectivity index (χ3n) is 3.69. The minimum absolute atomic E-state index is 0.149. The van der Waals surface area contributed by atoms with E-state index in [1.165, 1.54) is 5.56 Å². The first kappa shape index (κ1) is 14.4. The van der Waals surface area contributed by atoms with Gasteiger partial charge in [0.2, 0.25) is 0 Å². The van der Waals surface area contributed by atoms with Gasteiger partial charge in [0.05, 0.1) is 29.6 Å². The normalized spacial score (nSPS) is 14.3. The summed E-state index contributed by atoms with van der Waals surface area (Å²) in [6.07, 6.45) is 0. The highest BCUT2D eigenvalue weighted by atomic mass is 35.5. The molecule has 2 aromatic heterocycles. The predicted molar refractivity (Wildman–Crippen MR) is 88.7 cm³/mol. The van der Waals surface area contributed by atoms with Gasteiger partial charge in [0.25, 0.3) is 0 Å². The molecule has 2 heterocycles. The molecule has 0 aliphatic carbocycles. The number of thiophene rings is 1. The Kier molecular flexibility index (Phi) is 3.91. The van der Waals surface area contributed by atoms with Crippen LogP contribution in [-0.4, -0.2) is 16.7 Å². The van der Waals surface area contributed by atoms with Gasteiger partial charge in [-0.3, -0.25) is 0 Å². The number of hydrogen-bond donors (Lipinski definition) is 0. The van der Waals surface area contributed by atoms with Gasteiger partial charge < -0.3 is 9.30 Å². The molecule has 3 nitrogen and oxygen atoms in total. The molecule has 0 radical (unpaired) electrons. The predicted octanol–water partition coefficient (Wildman–Crippen LogP) is 5.02. The second-order valence-electron chi connectivity index (χ2n) is 5.04. The summed E-state index contributed by atoms with van der Waals surface area (Å²) in [7, 11) is 1.66. The lowest BCUT2D eigenvalue weighted by atomic mass is 10.1. The van der Waals surface area contributed by atoms with Crippen LogP contribution < -0.4 is 4.74 Å². The molecule has 0 N–H and O–H groups in total. The van der Waals surface area contributed by atoms with Gasteiger partial charge in [-0.25, -0.2) is 4.98 Å². The summed E-state index contributed by atoms with van der Waals surface area (Å²) in [5, 5.41) is 4.12. The molecule has 0 saturated heterocycles. The van der Waals surface area contributed by atoms with Crippen molar-refractivity contribution in [2.75, 3.05) is 7.11 Å². The van der Waals surface area contributed by atoms with E-state index in [0.717, 1.165) is 22.6 Å². The van der Waals surface area contributed by atoms with Crippen LogP contribution in [0.3, 0.4) is 0 Å². The largest absolute Gasteiger partial charge is 0.497 e. The highest BCUT2D eigenvalue weighted by Crippen LogP contribution is 2.33. The van der Waals surface area contributed by atoms with Crippen LogP contribution in [0.2, 0.25) is 0 Å². The molecule has 3 rings (SSSR count). The zero-order valence-electron chi connectivity index (χ0n) is 12.2. The van der Waals surface area contributed by atoms with E-state index in [2.05, 4.69) is 28.3 Å². The van der Waals surface area contributed by atoms with E-state index in [0.29, 0.717) is 0 Å². The molecule has 0 amide bonds. The van der Waals surface area contributed by atoms with E-state index in [1.807, 2.05) is 25.1 Å². The van der Waals surface area contributed by atoms with Crippen LogP contribution in [0.25, 0.3) is 11.0 Å². The summed E-state index contributed by atoms with van der Waals surface area (Å²) in [6, 6.07) is 8.31. The highest BCUT2D eigenvalue weighted by Gasteiger charge is 2.20. The number of benzene rings is 1. The Morgan fingerprint density at radius 1 is 1.29 bits per heavy atom. The van der Waals surface area contributed by atoms with Gasteiger partial charge in [0.1, 0.15) is 11.6 Å². The van der Waals surface area contributed by atoms with Crippen LogP contribution in [0.15, 0.2) is 35.0 Å². The SMILES string of the molecule is COc1ccc2c(c1)nc(C(C)Cl)n2C(C)c1ccsc1. The maximum absolute atomic E-state index is 6.35. The first-order chi connectivity index (χ1) is 10.1. The van der Waals surface area contributed by atoms with E-state index in [-0.39, 0.29) is 11.4 Å². The average molecular weight is 321 g/mol. The lowest BCUT2D eigenvalue weighted by Crippen LogP contribution is -2.10. The van der Waals surface area contributed by atoms with Gasteiger partial charge in [0, 0.05) is 6.07 Å². The van der Waals surface area contributed by atoms with Crippen LogP contribution >= 0.6 is 22.9 Å². The molecule has 2 atom stereocenters. The molecule has 1 aromatic carbocycles. The van der Waals surface area contributed by atoms with Crippen molar-refractivity contribution in [1.29, 1.82) is 0 Å². The van der Waals surface area contributed by atoms with Gasteiger partial charge >= 0.3 is 0 Å². The molecule has 0 aliphatic rings. The molecule has 0 fully saturated rings. The zero-order chi connectivity index (χ0) is 15.0. The smallest absolute Gasteiger partial charge is 0.128 e. The molecule has 0 spiro atoms. The quantitative estimate of drug-likeness (QED) is 0.631. The lowest BCUT2D eigenvalue weighted by Gasteiger charge is -2.18. The summed E-state index contributed by atoms with van der Waals surface area (Å²) in [6.45, 7) is 4.13. The molecular weight excluding hydrogens is 304 g/mol. The fraction of sp³-hybridized carbons (Fsp3) is 0.312. The number of nitrogens with zero attached hydrogens (tertiary/aromatic N) is 2. The molecule has 3 aromatic rings. The van der Waals surface area contributed by atoms with E-state index in [1.54, 1.807) is 18.4 Å². The number of halogens is 1. The topological polar surface area (TPSA) is 27.1 Å². The van der Waals surface area contributed by atoms with Crippen molar-refractivity contribution in [2.45, 2.75) is 25.3 Å².